The van der Waals surface area contributed by atoms with Gasteiger partial charge in [-0.15, -0.1) is 0 Å². The highest BCUT2D eigenvalue weighted by Crippen LogP contribution is 2.07. The Morgan fingerprint density at radius 3 is 2.64 bits per heavy atom. The number of methoxy groups -OCH3 is 1. The smallest absolute Gasteiger partial charge is 0.246 e. The Hall–Kier alpha value is -2.46. The highest BCUT2D eigenvalue weighted by Gasteiger charge is 2.10. The Balaban J connectivity index is 1.91. The van der Waals surface area contributed by atoms with E-state index < -0.39 is 0 Å². The van der Waals surface area contributed by atoms with Crippen LogP contribution in [-0.4, -0.2) is 37.6 Å². The number of carbonyl (C=O) groups is 1. The Labute approximate surface area is 148 Å². The van der Waals surface area contributed by atoms with Crippen molar-refractivity contribution in [1.29, 1.82) is 0 Å². The van der Waals surface area contributed by atoms with E-state index in [0.717, 1.165) is 12.8 Å². The van der Waals surface area contributed by atoms with Gasteiger partial charge in [-0.1, -0.05) is 42.5 Å². The lowest BCUT2D eigenvalue weighted by Crippen LogP contribution is -2.33. The van der Waals surface area contributed by atoms with Crippen molar-refractivity contribution in [2.75, 3.05) is 26.8 Å². The van der Waals surface area contributed by atoms with Crippen molar-refractivity contribution in [3.8, 4) is 0 Å². The molecule has 4 heteroatoms. The van der Waals surface area contributed by atoms with Gasteiger partial charge in [0, 0.05) is 26.3 Å². The largest absolute Gasteiger partial charge is 0.383 e. The van der Waals surface area contributed by atoms with E-state index in [1.165, 1.54) is 23.8 Å². The topological polar surface area (TPSA) is 29.5 Å². The summed E-state index contributed by atoms with van der Waals surface area (Å²) in [7, 11) is 1.62. The fourth-order valence-corrected chi connectivity index (χ4v) is 2.54. The monoisotopic (exact) mass is 341 g/mol. The van der Waals surface area contributed by atoms with Gasteiger partial charge in [-0.25, -0.2) is 4.39 Å². The van der Waals surface area contributed by atoms with Crippen molar-refractivity contribution in [1.82, 2.24) is 4.90 Å². The molecule has 132 valence electrons. The van der Waals surface area contributed by atoms with Crippen LogP contribution >= 0.6 is 0 Å². The van der Waals surface area contributed by atoms with Crippen LogP contribution in [-0.2, 0) is 16.0 Å². The number of aryl methyl sites for hydroxylation is 1. The fourth-order valence-electron chi connectivity index (χ4n) is 2.54. The number of ether oxygens (including phenoxy) is 1. The number of hydrogen-bond donors (Lipinski definition) is 0. The van der Waals surface area contributed by atoms with Crippen LogP contribution in [0.5, 0.6) is 0 Å². The van der Waals surface area contributed by atoms with E-state index >= 15 is 0 Å². The van der Waals surface area contributed by atoms with E-state index in [9.17, 15) is 9.18 Å². The molecule has 0 heterocycles. The standard InChI is InChI=1S/C21H24FNO2/c1-25-16-15-23(14-6-10-18-7-3-2-4-8-18)21(24)13-12-19-9-5-11-20(22)17-19/h2-5,7-9,11-13,17H,6,10,14-16H2,1H3/b13-12+. The summed E-state index contributed by atoms with van der Waals surface area (Å²) in [6.45, 7) is 1.69. The molecule has 25 heavy (non-hydrogen) atoms. The van der Waals surface area contributed by atoms with Gasteiger partial charge in [0.2, 0.25) is 5.91 Å². The molecule has 0 saturated carbocycles. The second-order valence-corrected chi connectivity index (χ2v) is 5.80. The molecule has 2 aromatic carbocycles. The first-order valence-corrected chi connectivity index (χ1v) is 8.44. The zero-order valence-electron chi connectivity index (χ0n) is 14.5. The van der Waals surface area contributed by atoms with Gasteiger partial charge in [-0.2, -0.15) is 0 Å². The highest BCUT2D eigenvalue weighted by molar-refractivity contribution is 5.91. The number of benzene rings is 2. The molecule has 0 aliphatic rings. The second kappa shape index (κ2) is 10.4. The van der Waals surface area contributed by atoms with Crippen LogP contribution in [0.15, 0.2) is 60.7 Å². The van der Waals surface area contributed by atoms with E-state index in [1.807, 2.05) is 18.2 Å². The molecule has 2 aromatic rings. The first-order chi connectivity index (χ1) is 12.2. The zero-order chi connectivity index (χ0) is 17.9. The summed E-state index contributed by atoms with van der Waals surface area (Å²) in [6.07, 6.45) is 4.94. The van der Waals surface area contributed by atoms with Gasteiger partial charge in [0.1, 0.15) is 5.82 Å². The second-order valence-electron chi connectivity index (χ2n) is 5.80. The lowest BCUT2D eigenvalue weighted by Gasteiger charge is -2.21. The summed E-state index contributed by atoms with van der Waals surface area (Å²) in [6, 6.07) is 16.4. The molecule has 0 atom stereocenters. The summed E-state index contributed by atoms with van der Waals surface area (Å²) in [5.41, 5.74) is 1.93. The lowest BCUT2D eigenvalue weighted by molar-refractivity contribution is -0.126. The van der Waals surface area contributed by atoms with Crippen LogP contribution in [0.3, 0.4) is 0 Å². The van der Waals surface area contributed by atoms with Crippen molar-refractivity contribution in [2.24, 2.45) is 0 Å². The van der Waals surface area contributed by atoms with Gasteiger partial charge in [0.25, 0.3) is 0 Å². The van der Waals surface area contributed by atoms with Crippen LogP contribution in [0.2, 0.25) is 0 Å². The summed E-state index contributed by atoms with van der Waals surface area (Å²) in [5.74, 6) is -0.400. The maximum Gasteiger partial charge on any atom is 0.246 e. The third kappa shape index (κ3) is 6.89. The number of rotatable bonds is 9. The van der Waals surface area contributed by atoms with Crippen LogP contribution in [0.25, 0.3) is 6.08 Å². The van der Waals surface area contributed by atoms with E-state index in [1.54, 1.807) is 30.2 Å². The molecular weight excluding hydrogens is 317 g/mol. The summed E-state index contributed by atoms with van der Waals surface area (Å²) < 4.78 is 18.3. The van der Waals surface area contributed by atoms with Gasteiger partial charge < -0.3 is 9.64 Å². The Kier molecular flexibility index (Phi) is 7.86. The molecule has 0 radical (unpaired) electrons. The molecule has 0 aromatic heterocycles. The van der Waals surface area contributed by atoms with Crippen molar-refractivity contribution in [2.45, 2.75) is 12.8 Å². The molecule has 0 saturated heterocycles. The SMILES string of the molecule is COCCN(CCCc1ccccc1)C(=O)/C=C/c1cccc(F)c1. The molecule has 0 bridgehead atoms. The summed E-state index contributed by atoms with van der Waals surface area (Å²) in [4.78, 5) is 14.2. The fraction of sp³-hybridized carbons (Fsp3) is 0.286. The van der Waals surface area contributed by atoms with E-state index in [0.29, 0.717) is 25.3 Å². The van der Waals surface area contributed by atoms with Gasteiger partial charge in [0.15, 0.2) is 0 Å². The Morgan fingerprint density at radius 2 is 1.92 bits per heavy atom. The molecule has 0 N–H and O–H groups in total. The average Bonchev–Trinajstić information content (AvgIpc) is 2.63. The van der Waals surface area contributed by atoms with Crippen molar-refractivity contribution in [3.05, 3.63) is 77.6 Å². The van der Waals surface area contributed by atoms with Gasteiger partial charge in [-0.05, 0) is 42.2 Å². The van der Waals surface area contributed by atoms with Gasteiger partial charge >= 0.3 is 0 Å². The van der Waals surface area contributed by atoms with Crippen LogP contribution in [0.1, 0.15) is 17.5 Å². The number of halogens is 1. The summed E-state index contributed by atoms with van der Waals surface area (Å²) in [5, 5.41) is 0. The molecule has 1 amide bonds. The van der Waals surface area contributed by atoms with E-state index in [2.05, 4.69) is 12.1 Å². The minimum absolute atomic E-state index is 0.0885. The number of carbonyl (C=O) groups excluding carboxylic acids is 1. The van der Waals surface area contributed by atoms with Crippen molar-refractivity contribution < 1.29 is 13.9 Å². The number of amides is 1. The third-order valence-electron chi connectivity index (χ3n) is 3.88. The first kappa shape index (κ1) is 18.9. The molecule has 2 rings (SSSR count). The lowest BCUT2D eigenvalue weighted by atomic mass is 10.1. The van der Waals surface area contributed by atoms with Gasteiger partial charge in [-0.3, -0.25) is 4.79 Å². The normalized spacial score (nSPS) is 11.0. The predicted octanol–water partition coefficient (Wildman–Crippen LogP) is 3.95. The highest BCUT2D eigenvalue weighted by atomic mass is 19.1. The van der Waals surface area contributed by atoms with Crippen molar-refractivity contribution in [3.63, 3.8) is 0 Å². The molecule has 0 unspecified atom stereocenters. The number of nitrogens with zero attached hydrogens (tertiary/aromatic N) is 1. The first-order valence-electron chi connectivity index (χ1n) is 8.44. The Morgan fingerprint density at radius 1 is 1.12 bits per heavy atom. The van der Waals surface area contributed by atoms with Crippen LogP contribution in [0.4, 0.5) is 4.39 Å². The third-order valence-corrected chi connectivity index (χ3v) is 3.88. The predicted molar refractivity (Wildman–Crippen MR) is 98.7 cm³/mol. The quantitative estimate of drug-likeness (QED) is 0.647. The molecule has 0 aliphatic heterocycles. The number of hydrogen-bond acceptors (Lipinski definition) is 2. The van der Waals surface area contributed by atoms with Crippen molar-refractivity contribution >= 4 is 12.0 Å². The molecular formula is C21H24FNO2. The van der Waals surface area contributed by atoms with E-state index in [-0.39, 0.29) is 11.7 Å². The minimum atomic E-state index is -0.311. The molecule has 0 aliphatic carbocycles. The average molecular weight is 341 g/mol. The maximum absolute atomic E-state index is 13.2. The summed E-state index contributed by atoms with van der Waals surface area (Å²) >= 11 is 0. The van der Waals surface area contributed by atoms with Crippen LogP contribution in [0, 0.1) is 5.82 Å². The minimum Gasteiger partial charge on any atom is -0.383 e. The maximum atomic E-state index is 13.2. The molecule has 0 spiro atoms. The van der Waals surface area contributed by atoms with Crippen LogP contribution < -0.4 is 0 Å². The molecule has 0 fully saturated rings. The zero-order valence-corrected chi connectivity index (χ0v) is 14.5. The molecule has 3 nitrogen and oxygen atoms in total. The van der Waals surface area contributed by atoms with Gasteiger partial charge in [0.05, 0.1) is 6.61 Å². The van der Waals surface area contributed by atoms with E-state index in [4.69, 9.17) is 4.74 Å². The Bertz CT molecular complexity index is 685.